The van der Waals surface area contributed by atoms with Gasteiger partial charge in [-0.1, -0.05) is 30.3 Å². The van der Waals surface area contributed by atoms with Gasteiger partial charge in [-0.2, -0.15) is 0 Å². The highest BCUT2D eigenvalue weighted by Gasteiger charge is 2.51. The predicted molar refractivity (Wildman–Crippen MR) is 106 cm³/mol. The summed E-state index contributed by atoms with van der Waals surface area (Å²) in [5.74, 6) is -0.171. The molecule has 0 spiro atoms. The maximum atomic E-state index is 13.1. The molecule has 154 valence electrons. The molecule has 1 aromatic carbocycles. The quantitative estimate of drug-likeness (QED) is 0.660. The van der Waals surface area contributed by atoms with Crippen molar-refractivity contribution in [2.75, 3.05) is 26.3 Å². The number of carbonyl (C=O) groups is 2. The molecule has 1 aromatic heterocycles. The van der Waals surface area contributed by atoms with E-state index >= 15 is 0 Å². The minimum absolute atomic E-state index is 0.0287. The maximum Gasteiger partial charge on any atom is 0.267 e. The fourth-order valence-corrected chi connectivity index (χ4v) is 4.12. The van der Waals surface area contributed by atoms with E-state index in [4.69, 9.17) is 4.74 Å². The summed E-state index contributed by atoms with van der Waals surface area (Å²) in [7, 11) is 0. The summed E-state index contributed by atoms with van der Waals surface area (Å²) in [6, 6.07) is 9.88. The Morgan fingerprint density at radius 3 is 2.62 bits per heavy atom. The Balaban J connectivity index is 1.46. The number of rotatable bonds is 6. The maximum absolute atomic E-state index is 13.1. The number of hydrogen-bond donors (Lipinski definition) is 3. The summed E-state index contributed by atoms with van der Waals surface area (Å²) in [6.45, 7) is 3.65. The molecule has 0 saturated carbocycles. The molecule has 2 aliphatic heterocycles. The summed E-state index contributed by atoms with van der Waals surface area (Å²) >= 11 is 0. The molecule has 1 unspecified atom stereocenters. The van der Waals surface area contributed by atoms with Gasteiger partial charge in [0.2, 0.25) is 11.8 Å². The first-order chi connectivity index (χ1) is 14.0. The number of H-pyrrole nitrogens is 2. The Morgan fingerprint density at radius 2 is 2.00 bits per heavy atom. The second kappa shape index (κ2) is 7.87. The Bertz CT molecular complexity index is 937. The topological polar surface area (TPSA) is 107 Å². The third kappa shape index (κ3) is 3.98. The van der Waals surface area contributed by atoms with E-state index in [1.807, 2.05) is 30.3 Å². The first-order valence-electron chi connectivity index (χ1n) is 9.93. The number of nitrogens with zero attached hydrogens (tertiary/aromatic N) is 1. The van der Waals surface area contributed by atoms with Crippen molar-refractivity contribution in [1.82, 2.24) is 20.4 Å². The molecule has 2 aliphatic rings. The zero-order valence-corrected chi connectivity index (χ0v) is 16.5. The molecule has 2 aromatic rings. The summed E-state index contributed by atoms with van der Waals surface area (Å²) in [5, 5.41) is 8.34. The number of likely N-dealkylation sites (tertiary alicyclic amines) is 1. The highest BCUT2D eigenvalue weighted by molar-refractivity contribution is 5.89. The van der Waals surface area contributed by atoms with Crippen LogP contribution >= 0.6 is 0 Å². The number of carbonyl (C=O) groups excluding carboxylic acids is 2. The van der Waals surface area contributed by atoms with Crippen molar-refractivity contribution in [3.63, 3.8) is 0 Å². The molecule has 2 amide bonds. The van der Waals surface area contributed by atoms with Crippen LogP contribution in [0.15, 0.2) is 35.1 Å². The number of benzene rings is 1. The summed E-state index contributed by atoms with van der Waals surface area (Å²) in [5.41, 5.74) is 1.25. The zero-order valence-electron chi connectivity index (χ0n) is 16.5. The molecule has 3 heterocycles. The molecule has 0 radical (unpaired) electrons. The number of nitrogens with one attached hydrogen (secondary N) is 3. The molecule has 8 heteroatoms. The van der Waals surface area contributed by atoms with Crippen LogP contribution in [-0.4, -0.2) is 59.3 Å². The molecule has 1 atom stereocenters. The second-order valence-corrected chi connectivity index (χ2v) is 8.09. The lowest BCUT2D eigenvalue weighted by Gasteiger charge is -2.49. The largest absolute Gasteiger partial charge is 0.379 e. The molecule has 4 rings (SSSR count). The van der Waals surface area contributed by atoms with Gasteiger partial charge in [0.15, 0.2) is 0 Å². The summed E-state index contributed by atoms with van der Waals surface area (Å²) in [6.07, 6.45) is 1.41. The highest BCUT2D eigenvalue weighted by atomic mass is 16.5. The van der Waals surface area contributed by atoms with Gasteiger partial charge in [-0.3, -0.25) is 19.5 Å². The van der Waals surface area contributed by atoms with Gasteiger partial charge >= 0.3 is 0 Å². The molecule has 2 fully saturated rings. The Kier molecular flexibility index (Phi) is 5.27. The van der Waals surface area contributed by atoms with E-state index in [0.29, 0.717) is 44.0 Å². The first-order valence-corrected chi connectivity index (χ1v) is 9.93. The lowest BCUT2D eigenvalue weighted by Crippen LogP contribution is -2.66. The summed E-state index contributed by atoms with van der Waals surface area (Å²) in [4.78, 5) is 39.4. The smallest absolute Gasteiger partial charge is 0.267 e. The number of hydrogen-bond acceptors (Lipinski definition) is 4. The van der Waals surface area contributed by atoms with E-state index in [-0.39, 0.29) is 29.8 Å². The van der Waals surface area contributed by atoms with Gasteiger partial charge in [0.05, 0.1) is 24.5 Å². The fraction of sp³-hybridized carbons (Fsp3) is 0.476. The van der Waals surface area contributed by atoms with Crippen molar-refractivity contribution >= 4 is 11.8 Å². The number of aryl methyl sites for hydroxylation is 1. The van der Waals surface area contributed by atoms with Gasteiger partial charge in [-0.25, -0.2) is 0 Å². The second-order valence-electron chi connectivity index (χ2n) is 8.09. The average molecular weight is 398 g/mol. The van der Waals surface area contributed by atoms with Crippen LogP contribution in [0.5, 0.6) is 0 Å². The van der Waals surface area contributed by atoms with Crippen LogP contribution in [0.3, 0.4) is 0 Å². The lowest BCUT2D eigenvalue weighted by molar-refractivity contribution is -0.153. The minimum Gasteiger partial charge on any atom is -0.379 e. The van der Waals surface area contributed by atoms with Gasteiger partial charge in [-0.15, -0.1) is 0 Å². The molecule has 0 aliphatic carbocycles. The van der Waals surface area contributed by atoms with E-state index < -0.39 is 5.41 Å². The van der Waals surface area contributed by atoms with Crippen LogP contribution in [0, 0.1) is 12.3 Å². The zero-order chi connectivity index (χ0) is 20.4. The number of aromatic amines is 2. The number of aromatic nitrogens is 2. The lowest BCUT2D eigenvalue weighted by atomic mass is 9.73. The number of ether oxygens (including phenoxy) is 1. The average Bonchev–Trinajstić information content (AvgIpc) is 3.30. The molecule has 2 saturated heterocycles. The van der Waals surface area contributed by atoms with Crippen LogP contribution in [0.4, 0.5) is 0 Å². The Morgan fingerprint density at radius 1 is 1.24 bits per heavy atom. The monoisotopic (exact) mass is 398 g/mol. The van der Waals surface area contributed by atoms with Crippen LogP contribution < -0.4 is 10.9 Å². The van der Waals surface area contributed by atoms with Crippen molar-refractivity contribution in [3.8, 4) is 0 Å². The van der Waals surface area contributed by atoms with Gasteiger partial charge in [0, 0.05) is 31.0 Å². The Hall–Kier alpha value is -2.87. The third-order valence-electron chi connectivity index (χ3n) is 5.89. The van der Waals surface area contributed by atoms with Crippen molar-refractivity contribution < 1.29 is 14.3 Å². The SMILES string of the molecule is Cc1[nH][nH]c(=O)c1CC(=O)N1CC(Cc2ccccc2)(C(=O)NC2CCOC2)C1. The van der Waals surface area contributed by atoms with Crippen LogP contribution in [0.1, 0.15) is 23.2 Å². The molecule has 29 heavy (non-hydrogen) atoms. The van der Waals surface area contributed by atoms with E-state index in [1.54, 1.807) is 11.8 Å². The van der Waals surface area contributed by atoms with E-state index in [1.165, 1.54) is 0 Å². The highest BCUT2D eigenvalue weighted by Crippen LogP contribution is 2.35. The normalized spacial score (nSPS) is 20.3. The van der Waals surface area contributed by atoms with Crippen LogP contribution in [0.2, 0.25) is 0 Å². The Labute approximate surface area is 168 Å². The van der Waals surface area contributed by atoms with Gasteiger partial charge in [-0.05, 0) is 25.3 Å². The standard InChI is InChI=1S/C21H26N4O4/c1-14-17(19(27)24-23-14)9-18(26)25-12-21(13-25,10-15-5-3-2-4-6-15)20(28)22-16-7-8-29-11-16/h2-6,16H,7-13H2,1H3,(H,22,28)(H2,23,24,27). The van der Waals surface area contributed by atoms with Crippen LogP contribution in [-0.2, 0) is 27.2 Å². The van der Waals surface area contributed by atoms with E-state index in [0.717, 1.165) is 12.0 Å². The molecular formula is C21H26N4O4. The van der Waals surface area contributed by atoms with Gasteiger partial charge < -0.3 is 20.1 Å². The molecule has 0 bridgehead atoms. The molecular weight excluding hydrogens is 372 g/mol. The van der Waals surface area contributed by atoms with Crippen molar-refractivity contribution in [3.05, 3.63) is 57.5 Å². The van der Waals surface area contributed by atoms with E-state index in [2.05, 4.69) is 15.5 Å². The van der Waals surface area contributed by atoms with Gasteiger partial charge in [0.1, 0.15) is 0 Å². The number of amides is 2. The van der Waals surface area contributed by atoms with E-state index in [9.17, 15) is 14.4 Å². The van der Waals surface area contributed by atoms with Crippen molar-refractivity contribution in [2.45, 2.75) is 32.2 Å². The van der Waals surface area contributed by atoms with Crippen LogP contribution in [0.25, 0.3) is 0 Å². The third-order valence-corrected chi connectivity index (χ3v) is 5.89. The van der Waals surface area contributed by atoms with Crippen molar-refractivity contribution in [2.24, 2.45) is 5.41 Å². The summed E-state index contributed by atoms with van der Waals surface area (Å²) < 4.78 is 5.37. The van der Waals surface area contributed by atoms with Crippen molar-refractivity contribution in [1.29, 1.82) is 0 Å². The molecule has 3 N–H and O–H groups in total. The first kappa shape index (κ1) is 19.4. The van der Waals surface area contributed by atoms with Gasteiger partial charge in [0.25, 0.3) is 5.56 Å². The minimum atomic E-state index is -0.654. The predicted octanol–water partition coefficient (Wildman–Crippen LogP) is 0.530. The molecule has 8 nitrogen and oxygen atoms in total. The fourth-order valence-electron chi connectivity index (χ4n) is 4.12.